The molecule has 0 saturated carbocycles. The van der Waals surface area contributed by atoms with Crippen LogP contribution in [0.15, 0.2) is 24.5 Å². The van der Waals surface area contributed by atoms with Crippen molar-refractivity contribution in [3.63, 3.8) is 0 Å². The van der Waals surface area contributed by atoms with Crippen molar-refractivity contribution in [3.05, 3.63) is 46.8 Å². The van der Waals surface area contributed by atoms with Gasteiger partial charge in [0.1, 0.15) is 5.75 Å². The maximum Gasteiger partial charge on any atom is 0.129 e. The zero-order chi connectivity index (χ0) is 19.1. The Bertz CT molecular complexity index is 704. The molecule has 27 heavy (non-hydrogen) atoms. The Morgan fingerprint density at radius 3 is 1.85 bits per heavy atom. The van der Waals surface area contributed by atoms with Crippen LogP contribution in [0.5, 0.6) is 5.75 Å². The van der Waals surface area contributed by atoms with E-state index in [-0.39, 0.29) is 0 Å². The fourth-order valence-corrected chi connectivity index (χ4v) is 3.83. The highest BCUT2D eigenvalue weighted by Crippen LogP contribution is 2.35. The van der Waals surface area contributed by atoms with Gasteiger partial charge in [0.2, 0.25) is 0 Å². The second-order valence-corrected chi connectivity index (χ2v) is 7.35. The molecule has 146 valence electrons. The molecule has 4 nitrogen and oxygen atoms in total. The van der Waals surface area contributed by atoms with Crippen LogP contribution in [0.2, 0.25) is 0 Å². The van der Waals surface area contributed by atoms with Gasteiger partial charge in [-0.05, 0) is 61.1 Å². The number of nitrogens with zero attached hydrogens (tertiary/aromatic N) is 1. The Morgan fingerprint density at radius 1 is 0.815 bits per heavy atom. The Labute approximate surface area is 162 Å². The lowest BCUT2D eigenvalue weighted by molar-refractivity contribution is 0.105. The van der Waals surface area contributed by atoms with Crippen molar-refractivity contribution in [2.45, 2.75) is 59.2 Å². The molecule has 0 aliphatic carbocycles. The quantitative estimate of drug-likeness (QED) is 0.713. The van der Waals surface area contributed by atoms with E-state index in [1.807, 2.05) is 12.4 Å². The first kappa shape index (κ1) is 19.8. The van der Waals surface area contributed by atoms with Gasteiger partial charge in [-0.2, -0.15) is 0 Å². The maximum atomic E-state index is 5.98. The number of fused-ring (bicyclic) bond motifs is 2. The first-order valence-electron chi connectivity index (χ1n) is 9.97. The number of methoxy groups -OCH3 is 1. The highest BCUT2D eigenvalue weighted by atomic mass is 16.5. The maximum absolute atomic E-state index is 5.98. The van der Waals surface area contributed by atoms with Crippen molar-refractivity contribution in [1.29, 1.82) is 0 Å². The van der Waals surface area contributed by atoms with Crippen LogP contribution in [-0.2, 0) is 22.7 Å². The summed E-state index contributed by atoms with van der Waals surface area (Å²) in [4.78, 5) is 4.31. The van der Waals surface area contributed by atoms with Crippen molar-refractivity contribution in [3.8, 4) is 16.9 Å². The van der Waals surface area contributed by atoms with Gasteiger partial charge in [-0.1, -0.05) is 19.3 Å². The van der Waals surface area contributed by atoms with Gasteiger partial charge < -0.3 is 14.2 Å². The summed E-state index contributed by atoms with van der Waals surface area (Å²) in [7, 11) is 1.73. The molecule has 0 amide bonds. The molecular weight excluding hydrogens is 338 g/mol. The molecule has 1 aromatic heterocycles. The number of aromatic nitrogens is 1. The van der Waals surface area contributed by atoms with Gasteiger partial charge in [0, 0.05) is 36.7 Å². The van der Waals surface area contributed by atoms with Crippen LogP contribution in [0.25, 0.3) is 11.1 Å². The molecule has 0 unspecified atom stereocenters. The van der Waals surface area contributed by atoms with Crippen molar-refractivity contribution < 1.29 is 14.2 Å². The first-order chi connectivity index (χ1) is 13.2. The summed E-state index contributed by atoms with van der Waals surface area (Å²) in [5, 5.41) is 0. The normalized spacial score (nSPS) is 16.6. The molecule has 1 aromatic carbocycles. The van der Waals surface area contributed by atoms with Crippen molar-refractivity contribution >= 4 is 0 Å². The van der Waals surface area contributed by atoms with E-state index in [0.717, 1.165) is 42.9 Å². The zero-order valence-electron chi connectivity index (χ0n) is 16.8. The lowest BCUT2D eigenvalue weighted by atomic mass is 9.94. The van der Waals surface area contributed by atoms with Crippen molar-refractivity contribution in [1.82, 2.24) is 4.98 Å². The molecule has 2 aromatic rings. The molecule has 1 aliphatic rings. The molecule has 0 spiro atoms. The molecule has 2 heterocycles. The number of benzene rings is 1. The molecule has 0 atom stereocenters. The molecule has 0 N–H and O–H groups in total. The summed E-state index contributed by atoms with van der Waals surface area (Å²) in [6, 6.07) is 4.40. The molecule has 1 aliphatic heterocycles. The molecule has 0 radical (unpaired) electrons. The summed E-state index contributed by atoms with van der Waals surface area (Å²) in [5.74, 6) is 0.889. The van der Waals surface area contributed by atoms with E-state index in [1.54, 1.807) is 7.11 Å². The van der Waals surface area contributed by atoms with E-state index in [2.05, 4.69) is 31.0 Å². The van der Waals surface area contributed by atoms with Crippen LogP contribution in [0, 0.1) is 13.8 Å². The smallest absolute Gasteiger partial charge is 0.129 e. The summed E-state index contributed by atoms with van der Waals surface area (Å²) in [5.41, 5.74) is 6.93. The van der Waals surface area contributed by atoms with E-state index in [9.17, 15) is 0 Å². The summed E-state index contributed by atoms with van der Waals surface area (Å²) in [6.07, 6.45) is 9.76. The van der Waals surface area contributed by atoms with E-state index in [0.29, 0.717) is 13.2 Å². The monoisotopic (exact) mass is 369 g/mol. The van der Waals surface area contributed by atoms with Crippen LogP contribution in [0.1, 0.15) is 54.4 Å². The van der Waals surface area contributed by atoms with Gasteiger partial charge in [-0.15, -0.1) is 0 Å². The van der Waals surface area contributed by atoms with Gasteiger partial charge in [0.05, 0.1) is 20.3 Å². The lowest BCUT2D eigenvalue weighted by Crippen LogP contribution is -2.05. The van der Waals surface area contributed by atoms with Gasteiger partial charge in [0.15, 0.2) is 0 Å². The third-order valence-corrected chi connectivity index (χ3v) is 5.15. The van der Waals surface area contributed by atoms with E-state index in [4.69, 9.17) is 14.2 Å². The number of ether oxygens (including phenoxy) is 3. The standard InChI is InChI=1S/C23H31NO3/c1-17-13-24-14-18(2)22(17)19-11-20-15-26-9-7-5-4-6-8-10-27-16-21(12-19)23(20)25-3/h11-14H,4-10,15-16H2,1-3H3. The van der Waals surface area contributed by atoms with Crippen LogP contribution in [0.4, 0.5) is 0 Å². The summed E-state index contributed by atoms with van der Waals surface area (Å²) in [6.45, 7) is 6.94. The Morgan fingerprint density at radius 2 is 1.33 bits per heavy atom. The van der Waals surface area contributed by atoms with Crippen LogP contribution in [-0.4, -0.2) is 25.3 Å². The molecule has 2 bridgehead atoms. The average Bonchev–Trinajstić information content (AvgIpc) is 2.65. The molecule has 3 rings (SSSR count). The zero-order valence-corrected chi connectivity index (χ0v) is 16.8. The number of pyridine rings is 1. The van der Waals surface area contributed by atoms with Crippen LogP contribution >= 0.6 is 0 Å². The number of hydrogen-bond donors (Lipinski definition) is 0. The predicted molar refractivity (Wildman–Crippen MR) is 108 cm³/mol. The minimum Gasteiger partial charge on any atom is -0.496 e. The van der Waals surface area contributed by atoms with E-state index >= 15 is 0 Å². The third kappa shape index (κ3) is 5.08. The third-order valence-electron chi connectivity index (χ3n) is 5.15. The Balaban J connectivity index is 2.01. The molecular formula is C23H31NO3. The van der Waals surface area contributed by atoms with Crippen molar-refractivity contribution in [2.24, 2.45) is 0 Å². The minimum absolute atomic E-state index is 0.563. The fraction of sp³-hybridized carbons (Fsp3) is 0.522. The Kier molecular flexibility index (Phi) is 7.25. The average molecular weight is 370 g/mol. The summed E-state index contributed by atoms with van der Waals surface area (Å²) < 4.78 is 17.7. The number of aryl methyl sites for hydroxylation is 2. The molecule has 0 saturated heterocycles. The number of rotatable bonds is 2. The van der Waals surface area contributed by atoms with Gasteiger partial charge in [-0.3, -0.25) is 4.98 Å². The van der Waals surface area contributed by atoms with E-state index < -0.39 is 0 Å². The highest BCUT2D eigenvalue weighted by molar-refractivity contribution is 5.72. The molecule has 0 fully saturated rings. The fourth-order valence-electron chi connectivity index (χ4n) is 3.83. The second-order valence-electron chi connectivity index (χ2n) is 7.35. The first-order valence-corrected chi connectivity index (χ1v) is 9.97. The van der Waals surface area contributed by atoms with Gasteiger partial charge in [0.25, 0.3) is 0 Å². The van der Waals surface area contributed by atoms with Crippen molar-refractivity contribution in [2.75, 3.05) is 20.3 Å². The second kappa shape index (κ2) is 9.86. The number of hydrogen-bond acceptors (Lipinski definition) is 4. The van der Waals surface area contributed by atoms with Gasteiger partial charge >= 0.3 is 0 Å². The van der Waals surface area contributed by atoms with Crippen LogP contribution in [0.3, 0.4) is 0 Å². The van der Waals surface area contributed by atoms with Crippen LogP contribution < -0.4 is 4.74 Å². The topological polar surface area (TPSA) is 40.6 Å². The SMILES string of the molecule is COc1c2cc(-c3c(C)cncc3C)cc1COCCCCCCCOC2. The lowest BCUT2D eigenvalue weighted by Gasteiger charge is -2.19. The minimum atomic E-state index is 0.563. The largest absolute Gasteiger partial charge is 0.496 e. The summed E-state index contributed by atoms with van der Waals surface area (Å²) >= 11 is 0. The Hall–Kier alpha value is -1.91. The van der Waals surface area contributed by atoms with E-state index in [1.165, 1.54) is 41.5 Å². The van der Waals surface area contributed by atoms with Gasteiger partial charge in [-0.25, -0.2) is 0 Å². The predicted octanol–water partition coefficient (Wildman–Crippen LogP) is 5.37. The molecule has 4 heteroatoms. The highest BCUT2D eigenvalue weighted by Gasteiger charge is 2.16.